The maximum Gasteiger partial charge on any atom is 0.125 e. The Morgan fingerprint density at radius 1 is 1.21 bits per heavy atom. The minimum absolute atomic E-state index is 0.267. The van der Waals surface area contributed by atoms with E-state index >= 15 is 0 Å². The lowest BCUT2D eigenvalue weighted by molar-refractivity contribution is 0.199. The van der Waals surface area contributed by atoms with E-state index in [1.807, 2.05) is 0 Å². The van der Waals surface area contributed by atoms with Gasteiger partial charge in [0.25, 0.3) is 0 Å². The molecule has 0 saturated carbocycles. The van der Waals surface area contributed by atoms with Gasteiger partial charge in [-0.25, -0.2) is 0 Å². The summed E-state index contributed by atoms with van der Waals surface area (Å²) in [6.07, 6.45) is 1.29. The smallest absolute Gasteiger partial charge is 0.125 e. The molecular formula is C16H27NO2. The minimum Gasteiger partial charge on any atom is -0.490 e. The lowest BCUT2D eigenvalue weighted by Crippen LogP contribution is -2.19. The molecule has 1 N–H and O–H groups in total. The van der Waals surface area contributed by atoms with Crippen LogP contribution in [0, 0.1) is 13.8 Å². The molecule has 0 fully saturated rings. The van der Waals surface area contributed by atoms with Crippen LogP contribution in [0.5, 0.6) is 5.75 Å². The maximum atomic E-state index is 5.98. The van der Waals surface area contributed by atoms with Gasteiger partial charge in [-0.2, -0.15) is 0 Å². The number of nitrogens with one attached hydrogen (secondary N) is 1. The van der Waals surface area contributed by atoms with E-state index in [4.69, 9.17) is 9.47 Å². The zero-order chi connectivity index (χ0) is 14.3. The minimum atomic E-state index is 0.267. The van der Waals surface area contributed by atoms with Crippen molar-refractivity contribution >= 4 is 0 Å². The van der Waals surface area contributed by atoms with Crippen molar-refractivity contribution in [2.75, 3.05) is 20.3 Å². The first-order chi connectivity index (χ1) is 9.08. The van der Waals surface area contributed by atoms with E-state index in [2.05, 4.69) is 45.1 Å². The monoisotopic (exact) mass is 265 g/mol. The molecule has 0 saturated heterocycles. The second-order valence-electron chi connectivity index (χ2n) is 5.07. The van der Waals surface area contributed by atoms with Crippen LogP contribution in [0.25, 0.3) is 0 Å². The maximum absolute atomic E-state index is 5.98. The van der Waals surface area contributed by atoms with E-state index < -0.39 is 0 Å². The van der Waals surface area contributed by atoms with Crippen LogP contribution in [0.4, 0.5) is 0 Å². The molecule has 1 aromatic carbocycles. The van der Waals surface area contributed by atoms with Crippen molar-refractivity contribution in [1.82, 2.24) is 5.32 Å². The number of hydrogen-bond acceptors (Lipinski definition) is 3. The zero-order valence-electron chi connectivity index (χ0n) is 12.9. The third-order valence-corrected chi connectivity index (χ3v) is 3.23. The summed E-state index contributed by atoms with van der Waals surface area (Å²) in [5.74, 6) is 1.04. The molecule has 1 aromatic rings. The van der Waals surface area contributed by atoms with Gasteiger partial charge in [-0.15, -0.1) is 0 Å². The molecule has 0 radical (unpaired) electrons. The molecule has 0 aromatic heterocycles. The first-order valence-electron chi connectivity index (χ1n) is 7.04. The number of benzene rings is 1. The van der Waals surface area contributed by atoms with Crippen LogP contribution in [0.15, 0.2) is 12.1 Å². The van der Waals surface area contributed by atoms with Gasteiger partial charge in [0, 0.05) is 20.2 Å². The molecule has 0 bridgehead atoms. The van der Waals surface area contributed by atoms with Crippen LogP contribution < -0.4 is 10.1 Å². The molecule has 1 atom stereocenters. The van der Waals surface area contributed by atoms with Gasteiger partial charge in [0.1, 0.15) is 5.75 Å². The molecule has 0 aliphatic heterocycles. The Morgan fingerprint density at radius 3 is 2.37 bits per heavy atom. The Bertz CT molecular complexity index is 367. The van der Waals surface area contributed by atoms with Crippen molar-refractivity contribution in [2.24, 2.45) is 0 Å². The van der Waals surface area contributed by atoms with Gasteiger partial charge in [-0.1, -0.05) is 19.1 Å². The van der Waals surface area contributed by atoms with E-state index in [0.717, 1.165) is 31.9 Å². The van der Waals surface area contributed by atoms with Gasteiger partial charge < -0.3 is 14.8 Å². The molecule has 0 heterocycles. The van der Waals surface area contributed by atoms with Crippen molar-refractivity contribution in [1.29, 1.82) is 0 Å². The average Bonchev–Trinajstić information content (AvgIpc) is 2.38. The summed E-state index contributed by atoms with van der Waals surface area (Å²) < 4.78 is 11.0. The highest BCUT2D eigenvalue weighted by Gasteiger charge is 2.09. The van der Waals surface area contributed by atoms with Crippen LogP contribution in [0.3, 0.4) is 0 Å². The molecule has 1 rings (SSSR count). The summed E-state index contributed by atoms with van der Waals surface area (Å²) in [4.78, 5) is 0. The van der Waals surface area contributed by atoms with E-state index in [1.54, 1.807) is 7.11 Å². The van der Waals surface area contributed by atoms with Crippen LogP contribution in [0.2, 0.25) is 0 Å². The molecule has 0 aliphatic rings. The van der Waals surface area contributed by atoms with Gasteiger partial charge in [-0.3, -0.25) is 0 Å². The normalized spacial score (nSPS) is 12.5. The summed E-state index contributed by atoms with van der Waals surface area (Å²) >= 11 is 0. The summed E-state index contributed by atoms with van der Waals surface area (Å²) in [6, 6.07) is 4.40. The third kappa shape index (κ3) is 5.21. The first kappa shape index (κ1) is 16.0. The second kappa shape index (κ2) is 8.18. The van der Waals surface area contributed by atoms with Gasteiger partial charge in [-0.05, 0) is 43.9 Å². The van der Waals surface area contributed by atoms with Crippen LogP contribution in [-0.2, 0) is 11.3 Å². The van der Waals surface area contributed by atoms with Crippen LogP contribution in [0.1, 0.15) is 37.0 Å². The van der Waals surface area contributed by atoms with Gasteiger partial charge in [0.05, 0.1) is 12.7 Å². The van der Waals surface area contributed by atoms with Gasteiger partial charge in [0.2, 0.25) is 0 Å². The standard InChI is InChI=1S/C16H27NO2/c1-6-14(4)19-16-12(2)9-15(10-13(16)3)11-17-7-8-18-5/h9-10,14,17H,6-8,11H2,1-5H3. The number of methoxy groups -OCH3 is 1. The summed E-state index contributed by atoms with van der Waals surface area (Å²) in [7, 11) is 1.72. The molecule has 1 unspecified atom stereocenters. The lowest BCUT2D eigenvalue weighted by Gasteiger charge is -2.18. The fraction of sp³-hybridized carbons (Fsp3) is 0.625. The quantitative estimate of drug-likeness (QED) is 0.732. The lowest BCUT2D eigenvalue weighted by atomic mass is 10.1. The topological polar surface area (TPSA) is 30.5 Å². The Kier molecular flexibility index (Phi) is 6.89. The number of aryl methyl sites for hydroxylation is 2. The van der Waals surface area contributed by atoms with Crippen LogP contribution in [-0.4, -0.2) is 26.4 Å². The fourth-order valence-corrected chi connectivity index (χ4v) is 2.02. The zero-order valence-corrected chi connectivity index (χ0v) is 12.9. The molecule has 19 heavy (non-hydrogen) atoms. The van der Waals surface area contributed by atoms with Gasteiger partial charge >= 0.3 is 0 Å². The average molecular weight is 265 g/mol. The highest BCUT2D eigenvalue weighted by Crippen LogP contribution is 2.26. The predicted octanol–water partition coefficient (Wildman–Crippen LogP) is 3.22. The molecule has 3 nitrogen and oxygen atoms in total. The van der Waals surface area contributed by atoms with Crippen molar-refractivity contribution < 1.29 is 9.47 Å². The largest absolute Gasteiger partial charge is 0.490 e. The molecule has 108 valence electrons. The number of rotatable bonds is 8. The Morgan fingerprint density at radius 2 is 1.84 bits per heavy atom. The Hall–Kier alpha value is -1.06. The van der Waals surface area contributed by atoms with E-state index in [0.29, 0.717) is 0 Å². The number of ether oxygens (including phenoxy) is 2. The fourth-order valence-electron chi connectivity index (χ4n) is 2.02. The SMILES string of the molecule is CCC(C)Oc1c(C)cc(CNCCOC)cc1C. The predicted molar refractivity (Wildman–Crippen MR) is 79.9 cm³/mol. The molecular weight excluding hydrogens is 238 g/mol. The molecule has 0 aliphatic carbocycles. The summed E-state index contributed by atoms with van der Waals surface area (Å²) in [5, 5.41) is 3.36. The van der Waals surface area contributed by atoms with Crippen molar-refractivity contribution in [3.63, 3.8) is 0 Å². The molecule has 0 spiro atoms. The van der Waals surface area contributed by atoms with E-state index in [1.165, 1.54) is 16.7 Å². The number of hydrogen-bond donors (Lipinski definition) is 1. The van der Waals surface area contributed by atoms with E-state index in [-0.39, 0.29) is 6.10 Å². The van der Waals surface area contributed by atoms with Crippen molar-refractivity contribution in [3.05, 3.63) is 28.8 Å². The molecule has 0 amide bonds. The van der Waals surface area contributed by atoms with Gasteiger partial charge in [0.15, 0.2) is 0 Å². The highest BCUT2D eigenvalue weighted by molar-refractivity contribution is 5.43. The third-order valence-electron chi connectivity index (χ3n) is 3.23. The Labute approximate surface area is 117 Å². The second-order valence-corrected chi connectivity index (χ2v) is 5.07. The van der Waals surface area contributed by atoms with Crippen molar-refractivity contribution in [2.45, 2.75) is 46.8 Å². The summed E-state index contributed by atoms with van der Waals surface area (Å²) in [6.45, 7) is 11.0. The Balaban J connectivity index is 2.68. The van der Waals surface area contributed by atoms with E-state index in [9.17, 15) is 0 Å². The van der Waals surface area contributed by atoms with Crippen molar-refractivity contribution in [3.8, 4) is 5.75 Å². The first-order valence-corrected chi connectivity index (χ1v) is 7.04. The van der Waals surface area contributed by atoms with Crippen LogP contribution >= 0.6 is 0 Å². The summed E-state index contributed by atoms with van der Waals surface area (Å²) in [5.41, 5.74) is 3.72. The highest BCUT2D eigenvalue weighted by atomic mass is 16.5. The molecule has 3 heteroatoms.